The molecule has 0 unspecified atom stereocenters. The van der Waals surface area contributed by atoms with Crippen molar-refractivity contribution in [2.45, 2.75) is 71.0 Å². The summed E-state index contributed by atoms with van der Waals surface area (Å²) in [6.07, 6.45) is 6.08. The van der Waals surface area contributed by atoms with Gasteiger partial charge in [0.05, 0.1) is 12.1 Å². The number of hydrogen-bond donors (Lipinski definition) is 2. The highest BCUT2D eigenvalue weighted by Gasteiger charge is 2.29. The highest BCUT2D eigenvalue weighted by molar-refractivity contribution is 5.79. The third kappa shape index (κ3) is 4.70. The molecule has 8 heteroatoms. The van der Waals surface area contributed by atoms with Crippen molar-refractivity contribution >= 4 is 10.9 Å². The molecule has 1 aromatic carbocycles. The van der Waals surface area contributed by atoms with Crippen LogP contribution in [0.5, 0.6) is 0 Å². The van der Waals surface area contributed by atoms with E-state index in [1.165, 1.54) is 12.8 Å². The van der Waals surface area contributed by atoms with Crippen molar-refractivity contribution in [3.05, 3.63) is 51.6 Å². The molecular formula is C23H32N6O2. The standard InChI is InChI=1S/C23H32N6O2/c1-3-21(22-25-26-27-29(22)19-7-4-5-8-19)28(11-6-12-30)15-18-14-17-13-16(2)9-10-20(17)24-23(18)31/h9-10,13-14,19,21,30H,3-8,11-12,15H2,1-2H3,(H,24,31)/t21-/m1/s1. The Balaban J connectivity index is 1.67. The summed E-state index contributed by atoms with van der Waals surface area (Å²) in [4.78, 5) is 18.1. The third-order valence-corrected chi connectivity index (χ3v) is 6.37. The molecular weight excluding hydrogens is 392 g/mol. The van der Waals surface area contributed by atoms with Gasteiger partial charge < -0.3 is 10.1 Å². The zero-order chi connectivity index (χ0) is 21.8. The van der Waals surface area contributed by atoms with Crippen molar-refractivity contribution in [3.63, 3.8) is 0 Å². The van der Waals surface area contributed by atoms with Crippen molar-refractivity contribution < 1.29 is 5.11 Å². The minimum Gasteiger partial charge on any atom is -0.396 e. The molecule has 8 nitrogen and oxygen atoms in total. The van der Waals surface area contributed by atoms with Crippen LogP contribution in [-0.4, -0.2) is 48.3 Å². The molecule has 2 heterocycles. The number of tetrazole rings is 1. The summed E-state index contributed by atoms with van der Waals surface area (Å²) < 4.78 is 2.00. The number of pyridine rings is 1. The first-order chi connectivity index (χ1) is 15.1. The second kappa shape index (κ2) is 9.70. The monoisotopic (exact) mass is 424 g/mol. The van der Waals surface area contributed by atoms with Crippen molar-refractivity contribution in [3.8, 4) is 0 Å². The molecule has 0 spiro atoms. The minimum absolute atomic E-state index is 0.0187. The number of aromatic amines is 1. The molecule has 0 amide bonds. The lowest BCUT2D eigenvalue weighted by Gasteiger charge is -2.30. The summed E-state index contributed by atoms with van der Waals surface area (Å²) in [5, 5.41) is 23.2. The second-order valence-electron chi connectivity index (χ2n) is 8.61. The van der Waals surface area contributed by atoms with Gasteiger partial charge in [0, 0.05) is 30.8 Å². The first-order valence-corrected chi connectivity index (χ1v) is 11.4. The number of hydrogen-bond acceptors (Lipinski definition) is 6. The summed E-state index contributed by atoms with van der Waals surface area (Å²) in [5.74, 6) is 0.861. The van der Waals surface area contributed by atoms with E-state index >= 15 is 0 Å². The van der Waals surface area contributed by atoms with Crippen molar-refractivity contribution in [2.24, 2.45) is 0 Å². The lowest BCUT2D eigenvalue weighted by Crippen LogP contribution is -2.34. The number of aliphatic hydroxyl groups excluding tert-OH is 1. The van der Waals surface area contributed by atoms with Crippen LogP contribution in [0.4, 0.5) is 0 Å². The molecule has 4 rings (SSSR count). The number of H-pyrrole nitrogens is 1. The number of rotatable bonds is 9. The van der Waals surface area contributed by atoms with E-state index < -0.39 is 0 Å². The Morgan fingerprint density at radius 1 is 1.29 bits per heavy atom. The van der Waals surface area contributed by atoms with Crippen LogP contribution in [0.25, 0.3) is 10.9 Å². The molecule has 1 saturated carbocycles. The van der Waals surface area contributed by atoms with Gasteiger partial charge in [-0.25, -0.2) is 4.68 Å². The summed E-state index contributed by atoms with van der Waals surface area (Å²) in [6.45, 7) is 5.42. The molecule has 1 fully saturated rings. The van der Waals surface area contributed by atoms with E-state index in [0.29, 0.717) is 25.6 Å². The van der Waals surface area contributed by atoms with Gasteiger partial charge in [-0.05, 0) is 66.6 Å². The molecule has 31 heavy (non-hydrogen) atoms. The number of aromatic nitrogens is 5. The van der Waals surface area contributed by atoms with E-state index in [1.54, 1.807) is 0 Å². The van der Waals surface area contributed by atoms with E-state index in [2.05, 4.69) is 38.4 Å². The van der Waals surface area contributed by atoms with E-state index in [9.17, 15) is 9.90 Å². The molecule has 166 valence electrons. The number of nitrogens with zero attached hydrogens (tertiary/aromatic N) is 5. The van der Waals surface area contributed by atoms with Gasteiger partial charge in [0.2, 0.25) is 0 Å². The van der Waals surface area contributed by atoms with Crippen LogP contribution >= 0.6 is 0 Å². The predicted octanol–water partition coefficient (Wildman–Crippen LogP) is 3.27. The van der Waals surface area contributed by atoms with Crippen LogP contribution in [0.15, 0.2) is 29.1 Å². The summed E-state index contributed by atoms with van der Waals surface area (Å²) in [6, 6.07) is 8.36. The van der Waals surface area contributed by atoms with Gasteiger partial charge in [-0.2, -0.15) is 0 Å². The largest absolute Gasteiger partial charge is 0.396 e. The smallest absolute Gasteiger partial charge is 0.252 e. The zero-order valence-electron chi connectivity index (χ0n) is 18.4. The van der Waals surface area contributed by atoms with Crippen LogP contribution in [0, 0.1) is 6.92 Å². The molecule has 2 aromatic heterocycles. The second-order valence-corrected chi connectivity index (χ2v) is 8.61. The van der Waals surface area contributed by atoms with Gasteiger partial charge in [0.25, 0.3) is 5.56 Å². The van der Waals surface area contributed by atoms with Crippen LogP contribution in [0.3, 0.4) is 0 Å². The van der Waals surface area contributed by atoms with Gasteiger partial charge in [0.1, 0.15) is 0 Å². The summed E-state index contributed by atoms with van der Waals surface area (Å²) in [5.41, 5.74) is 2.65. The maximum atomic E-state index is 12.8. The summed E-state index contributed by atoms with van der Waals surface area (Å²) in [7, 11) is 0. The number of aliphatic hydroxyl groups is 1. The number of fused-ring (bicyclic) bond motifs is 1. The molecule has 0 bridgehead atoms. The predicted molar refractivity (Wildman–Crippen MR) is 120 cm³/mol. The summed E-state index contributed by atoms with van der Waals surface area (Å²) >= 11 is 0. The Bertz CT molecular complexity index is 1070. The maximum Gasteiger partial charge on any atom is 0.252 e. The van der Waals surface area contributed by atoms with E-state index in [1.807, 2.05) is 29.8 Å². The fraction of sp³-hybridized carbons (Fsp3) is 0.565. The SMILES string of the molecule is CC[C@H](c1nnnn1C1CCCC1)N(CCCO)Cc1cc2cc(C)ccc2[nH]c1=O. The Morgan fingerprint density at radius 3 is 2.84 bits per heavy atom. The Morgan fingerprint density at radius 2 is 2.10 bits per heavy atom. The highest BCUT2D eigenvalue weighted by atomic mass is 16.3. The van der Waals surface area contributed by atoms with Crippen molar-refractivity contribution in [1.82, 2.24) is 30.1 Å². The van der Waals surface area contributed by atoms with Gasteiger partial charge in [-0.3, -0.25) is 9.69 Å². The third-order valence-electron chi connectivity index (χ3n) is 6.37. The number of aryl methyl sites for hydroxylation is 1. The minimum atomic E-state index is -0.0735. The molecule has 0 radical (unpaired) electrons. The lowest BCUT2D eigenvalue weighted by atomic mass is 10.1. The first kappa shape index (κ1) is 21.6. The Hall–Kier alpha value is -2.58. The van der Waals surface area contributed by atoms with E-state index in [0.717, 1.165) is 47.1 Å². The number of nitrogens with one attached hydrogen (secondary N) is 1. The maximum absolute atomic E-state index is 12.8. The topological polar surface area (TPSA) is 99.9 Å². The lowest BCUT2D eigenvalue weighted by molar-refractivity contribution is 0.150. The van der Waals surface area contributed by atoms with Crippen molar-refractivity contribution in [2.75, 3.05) is 13.2 Å². The van der Waals surface area contributed by atoms with Crippen molar-refractivity contribution in [1.29, 1.82) is 0 Å². The van der Waals surface area contributed by atoms with Crippen LogP contribution in [-0.2, 0) is 6.54 Å². The van der Waals surface area contributed by atoms with E-state index in [-0.39, 0.29) is 18.2 Å². The van der Waals surface area contributed by atoms with Crippen LogP contribution < -0.4 is 5.56 Å². The van der Waals surface area contributed by atoms with Gasteiger partial charge >= 0.3 is 0 Å². The molecule has 1 atom stereocenters. The molecule has 1 aliphatic carbocycles. The Labute approximate surface area is 182 Å². The van der Waals surface area contributed by atoms with Gasteiger partial charge in [0.15, 0.2) is 5.82 Å². The fourth-order valence-corrected chi connectivity index (χ4v) is 4.76. The zero-order valence-corrected chi connectivity index (χ0v) is 18.4. The van der Waals surface area contributed by atoms with Gasteiger partial charge in [-0.1, -0.05) is 31.4 Å². The quantitative estimate of drug-likeness (QED) is 0.547. The molecule has 2 N–H and O–H groups in total. The van der Waals surface area contributed by atoms with Crippen LogP contribution in [0.1, 0.15) is 74.5 Å². The van der Waals surface area contributed by atoms with E-state index in [4.69, 9.17) is 0 Å². The fourth-order valence-electron chi connectivity index (χ4n) is 4.76. The average Bonchev–Trinajstić information content (AvgIpc) is 3.45. The van der Waals surface area contributed by atoms with Gasteiger partial charge in [-0.15, -0.1) is 5.10 Å². The Kier molecular flexibility index (Phi) is 6.77. The molecule has 3 aromatic rings. The number of benzene rings is 1. The molecule has 1 aliphatic rings. The average molecular weight is 425 g/mol. The first-order valence-electron chi connectivity index (χ1n) is 11.4. The molecule has 0 aliphatic heterocycles. The molecule has 0 saturated heterocycles. The van der Waals surface area contributed by atoms with Crippen LogP contribution in [0.2, 0.25) is 0 Å². The highest BCUT2D eigenvalue weighted by Crippen LogP contribution is 2.33. The normalized spacial score (nSPS) is 15.9.